The first-order valence-corrected chi connectivity index (χ1v) is 10.1. The molecule has 0 saturated carbocycles. The lowest BCUT2D eigenvalue weighted by Crippen LogP contribution is -2.35. The summed E-state index contributed by atoms with van der Waals surface area (Å²) in [6, 6.07) is 9.03. The van der Waals surface area contributed by atoms with Crippen LogP contribution in [0, 0.1) is 0 Å². The van der Waals surface area contributed by atoms with Crippen molar-refractivity contribution in [2.45, 2.75) is 17.2 Å². The third kappa shape index (κ3) is 2.52. The average Bonchev–Trinajstić information content (AvgIpc) is 3.17. The van der Waals surface area contributed by atoms with Gasteiger partial charge >= 0.3 is 0 Å². The third-order valence-corrected chi connectivity index (χ3v) is 7.83. The predicted molar refractivity (Wildman–Crippen MR) is 95.5 cm³/mol. The molecule has 0 aliphatic carbocycles. The Kier molecular flexibility index (Phi) is 3.84. The van der Waals surface area contributed by atoms with E-state index in [4.69, 9.17) is 16.3 Å². The van der Waals surface area contributed by atoms with Crippen LogP contribution in [0.15, 0.2) is 34.5 Å². The van der Waals surface area contributed by atoms with Crippen molar-refractivity contribution in [2.24, 2.45) is 0 Å². The molecule has 1 aromatic carbocycles. The molecule has 1 aliphatic rings. The Hall–Kier alpha value is -1.54. The first-order chi connectivity index (χ1) is 11.5. The number of hydrogen-bond donors (Lipinski definition) is 1. The van der Waals surface area contributed by atoms with Gasteiger partial charge < -0.3 is 9.72 Å². The second kappa shape index (κ2) is 5.77. The van der Waals surface area contributed by atoms with Crippen molar-refractivity contribution in [1.29, 1.82) is 0 Å². The van der Waals surface area contributed by atoms with E-state index in [2.05, 4.69) is 4.98 Å². The van der Waals surface area contributed by atoms with Crippen LogP contribution in [0.25, 0.3) is 10.9 Å². The van der Waals surface area contributed by atoms with Gasteiger partial charge in [0.25, 0.3) is 10.0 Å². The smallest absolute Gasteiger partial charge is 0.252 e. The summed E-state index contributed by atoms with van der Waals surface area (Å²) in [7, 11) is -1.87. The van der Waals surface area contributed by atoms with Gasteiger partial charge in [-0.2, -0.15) is 4.31 Å². The van der Waals surface area contributed by atoms with Gasteiger partial charge in [0.05, 0.1) is 18.0 Å². The minimum atomic E-state index is -3.51. The maximum Gasteiger partial charge on any atom is 0.252 e. The van der Waals surface area contributed by atoms with Crippen molar-refractivity contribution in [3.8, 4) is 5.75 Å². The average molecular weight is 383 g/mol. The summed E-state index contributed by atoms with van der Waals surface area (Å²) in [5.41, 5.74) is 3.11. The number of nitrogens with zero attached hydrogens (tertiary/aromatic N) is 1. The molecule has 0 amide bonds. The lowest BCUT2D eigenvalue weighted by atomic mass is 10.0. The van der Waals surface area contributed by atoms with Gasteiger partial charge in [0, 0.05) is 23.1 Å². The lowest BCUT2D eigenvalue weighted by Gasteiger charge is -2.25. The van der Waals surface area contributed by atoms with Gasteiger partial charge in [-0.3, -0.25) is 0 Å². The Morgan fingerprint density at radius 3 is 2.83 bits per heavy atom. The maximum absolute atomic E-state index is 12.8. The normalized spacial score (nSPS) is 15.6. The number of thiophene rings is 1. The summed E-state index contributed by atoms with van der Waals surface area (Å²) in [6.07, 6.45) is 0.667. The van der Waals surface area contributed by atoms with Gasteiger partial charge in [0.15, 0.2) is 0 Å². The van der Waals surface area contributed by atoms with Gasteiger partial charge in [-0.1, -0.05) is 11.6 Å². The molecule has 0 radical (unpaired) electrons. The van der Waals surface area contributed by atoms with E-state index in [1.54, 1.807) is 19.2 Å². The summed E-state index contributed by atoms with van der Waals surface area (Å²) in [4.78, 5) is 3.34. The van der Waals surface area contributed by atoms with Crippen LogP contribution in [0.1, 0.15) is 11.3 Å². The fraction of sp³-hybridized carbons (Fsp3) is 0.250. The number of halogens is 1. The van der Waals surface area contributed by atoms with Gasteiger partial charge in [0.2, 0.25) is 0 Å². The Labute approximate surface area is 148 Å². The molecule has 2 aromatic heterocycles. The molecule has 0 spiro atoms. The van der Waals surface area contributed by atoms with E-state index in [-0.39, 0.29) is 4.21 Å². The van der Waals surface area contributed by atoms with Gasteiger partial charge in [0.1, 0.15) is 9.96 Å². The minimum Gasteiger partial charge on any atom is -0.497 e. The molecule has 0 atom stereocenters. The summed E-state index contributed by atoms with van der Waals surface area (Å²) in [6.45, 7) is 0.791. The Morgan fingerprint density at radius 1 is 1.29 bits per heavy atom. The van der Waals surface area contributed by atoms with Crippen molar-refractivity contribution in [1.82, 2.24) is 9.29 Å². The van der Waals surface area contributed by atoms with Crippen LogP contribution in [0.4, 0.5) is 0 Å². The highest BCUT2D eigenvalue weighted by Crippen LogP contribution is 2.34. The van der Waals surface area contributed by atoms with Crippen LogP contribution < -0.4 is 4.74 Å². The van der Waals surface area contributed by atoms with Crippen LogP contribution in [-0.4, -0.2) is 31.4 Å². The van der Waals surface area contributed by atoms with Crippen LogP contribution in [0.5, 0.6) is 5.75 Å². The first kappa shape index (κ1) is 16.0. The van der Waals surface area contributed by atoms with Crippen LogP contribution in [0.3, 0.4) is 0 Å². The van der Waals surface area contributed by atoms with Crippen LogP contribution >= 0.6 is 22.9 Å². The molecule has 1 aliphatic heterocycles. The number of methoxy groups -OCH3 is 1. The van der Waals surface area contributed by atoms with Crippen molar-refractivity contribution in [3.05, 3.63) is 45.9 Å². The van der Waals surface area contributed by atoms with Gasteiger partial charge in [-0.05, 0) is 42.3 Å². The highest BCUT2D eigenvalue weighted by molar-refractivity contribution is 7.91. The summed E-state index contributed by atoms with van der Waals surface area (Å²) in [5, 5.41) is 1.10. The molecule has 8 heteroatoms. The van der Waals surface area contributed by atoms with E-state index in [1.807, 2.05) is 18.2 Å². The standard InChI is InChI=1S/C16H15ClN2O3S2/c1-22-10-2-3-13-12(8-10)11-6-7-19(9-14(11)18-13)24(20,21)16-5-4-15(17)23-16/h2-5,8,18H,6-7,9H2,1H3. The third-order valence-electron chi connectivity index (χ3n) is 4.29. The molecule has 126 valence electrons. The van der Waals surface area contributed by atoms with Crippen LogP contribution in [-0.2, 0) is 23.0 Å². The van der Waals surface area contributed by atoms with E-state index >= 15 is 0 Å². The maximum atomic E-state index is 12.8. The Bertz CT molecular complexity index is 1020. The fourth-order valence-corrected chi connectivity index (χ4v) is 6.14. The summed E-state index contributed by atoms with van der Waals surface area (Å²) < 4.78 is 33.1. The fourth-order valence-electron chi connectivity index (χ4n) is 3.09. The molecule has 5 nitrogen and oxygen atoms in total. The molecule has 0 saturated heterocycles. The number of rotatable bonds is 3. The van der Waals surface area contributed by atoms with E-state index in [1.165, 1.54) is 9.87 Å². The number of sulfonamides is 1. The molecule has 3 aromatic rings. The molecule has 24 heavy (non-hydrogen) atoms. The zero-order valence-electron chi connectivity index (χ0n) is 12.9. The van der Waals surface area contributed by atoms with Crippen LogP contribution in [0.2, 0.25) is 4.34 Å². The number of fused-ring (bicyclic) bond motifs is 3. The summed E-state index contributed by atoms with van der Waals surface area (Å²) >= 11 is 6.97. The Morgan fingerprint density at radius 2 is 2.12 bits per heavy atom. The second-order valence-electron chi connectivity index (χ2n) is 5.64. The first-order valence-electron chi connectivity index (χ1n) is 7.42. The number of H-pyrrole nitrogens is 1. The molecule has 1 N–H and O–H groups in total. The molecule has 4 rings (SSSR count). The lowest BCUT2D eigenvalue weighted by molar-refractivity contribution is 0.389. The monoisotopic (exact) mass is 382 g/mol. The van der Waals surface area contributed by atoms with Gasteiger partial charge in [-0.25, -0.2) is 8.42 Å². The second-order valence-corrected chi connectivity index (χ2v) is 9.52. The molecule has 0 fully saturated rings. The van der Waals surface area contributed by atoms with E-state index in [9.17, 15) is 8.42 Å². The molecular weight excluding hydrogens is 368 g/mol. The molecule has 0 unspecified atom stereocenters. The number of aromatic nitrogens is 1. The number of hydrogen-bond acceptors (Lipinski definition) is 4. The number of aromatic amines is 1. The molecule has 3 heterocycles. The van der Waals surface area contributed by atoms with E-state index in [0.717, 1.165) is 33.7 Å². The van der Waals surface area contributed by atoms with Crippen molar-refractivity contribution < 1.29 is 13.2 Å². The van der Waals surface area contributed by atoms with Crippen molar-refractivity contribution in [2.75, 3.05) is 13.7 Å². The number of benzene rings is 1. The topological polar surface area (TPSA) is 62.4 Å². The van der Waals surface area contributed by atoms with Crippen molar-refractivity contribution >= 4 is 43.9 Å². The molecular formula is C16H15ClN2O3S2. The van der Waals surface area contributed by atoms with E-state index in [0.29, 0.717) is 23.8 Å². The predicted octanol–water partition coefficient (Wildman–Crippen LogP) is 3.64. The zero-order valence-corrected chi connectivity index (χ0v) is 15.3. The van der Waals surface area contributed by atoms with E-state index < -0.39 is 10.0 Å². The van der Waals surface area contributed by atoms with Crippen molar-refractivity contribution in [3.63, 3.8) is 0 Å². The Balaban J connectivity index is 1.71. The molecule has 0 bridgehead atoms. The highest BCUT2D eigenvalue weighted by atomic mass is 35.5. The number of ether oxygens (including phenoxy) is 1. The SMILES string of the molecule is COc1ccc2[nH]c3c(c2c1)CCN(S(=O)(=O)c1ccc(Cl)s1)C3. The van der Waals surface area contributed by atoms with Gasteiger partial charge in [-0.15, -0.1) is 11.3 Å². The highest BCUT2D eigenvalue weighted by Gasteiger charge is 2.31. The number of nitrogens with one attached hydrogen (secondary N) is 1. The summed E-state index contributed by atoms with van der Waals surface area (Å²) in [5.74, 6) is 0.799. The zero-order chi connectivity index (χ0) is 16.9. The largest absolute Gasteiger partial charge is 0.497 e. The minimum absolute atomic E-state index is 0.286. The quantitative estimate of drug-likeness (QED) is 0.752.